The van der Waals surface area contributed by atoms with Gasteiger partial charge in [-0.1, -0.05) is 35.9 Å². The molecule has 1 nitrogen and oxygen atoms in total. The van der Waals surface area contributed by atoms with Gasteiger partial charge in [0.05, 0.1) is 0 Å². The fraction of sp³-hybridized carbons (Fsp3) is 0.250. The molecule has 0 radical (unpaired) electrons. The molecule has 2 aromatic rings. The zero-order valence-corrected chi connectivity index (χ0v) is 13.2. The topological polar surface area (TPSA) is 12.0 Å². The summed E-state index contributed by atoms with van der Waals surface area (Å²) in [6, 6.07) is 15.5. The Kier molecular flexibility index (Phi) is 4.27. The summed E-state index contributed by atoms with van der Waals surface area (Å²) < 4.78 is 1.30. The van der Waals surface area contributed by atoms with Crippen LogP contribution in [-0.4, -0.2) is 0 Å². The molecule has 0 amide bonds. The summed E-state index contributed by atoms with van der Waals surface area (Å²) in [5, 5.41) is 3.54. The highest BCUT2D eigenvalue weighted by atomic mass is 127. The molecule has 94 valence electrons. The van der Waals surface area contributed by atoms with Gasteiger partial charge in [0.15, 0.2) is 0 Å². The number of halogens is 1. The van der Waals surface area contributed by atoms with Gasteiger partial charge < -0.3 is 5.32 Å². The zero-order valence-electron chi connectivity index (χ0n) is 11.0. The first kappa shape index (κ1) is 13.4. The first-order chi connectivity index (χ1) is 8.56. The van der Waals surface area contributed by atoms with Crippen molar-refractivity contribution in [2.45, 2.75) is 26.8 Å². The number of rotatable bonds is 3. The minimum absolute atomic E-state index is 0.323. The summed E-state index contributed by atoms with van der Waals surface area (Å²) in [6.07, 6.45) is 0. The summed E-state index contributed by atoms with van der Waals surface area (Å²) in [6.45, 7) is 6.44. The Labute approximate surface area is 123 Å². The van der Waals surface area contributed by atoms with Crippen LogP contribution in [0.1, 0.15) is 29.7 Å². The number of benzene rings is 2. The van der Waals surface area contributed by atoms with Gasteiger partial charge in [-0.2, -0.15) is 0 Å². The van der Waals surface area contributed by atoms with Gasteiger partial charge in [0.1, 0.15) is 0 Å². The van der Waals surface area contributed by atoms with E-state index in [4.69, 9.17) is 0 Å². The van der Waals surface area contributed by atoms with Crippen molar-refractivity contribution in [2.75, 3.05) is 5.32 Å². The number of nitrogens with one attached hydrogen (secondary N) is 1. The standard InChI is InChI=1S/C16H18IN/c1-11-4-7-14(8-5-11)13(3)18-15-9-6-12(2)16(17)10-15/h4-10,13,18H,1-3H3. The van der Waals surface area contributed by atoms with Gasteiger partial charge in [0, 0.05) is 15.3 Å². The molecule has 0 aromatic heterocycles. The predicted octanol–water partition coefficient (Wildman–Crippen LogP) is 5.08. The molecule has 0 saturated carbocycles. The maximum absolute atomic E-state index is 3.54. The normalized spacial score (nSPS) is 12.2. The second-order valence-electron chi connectivity index (χ2n) is 4.74. The zero-order chi connectivity index (χ0) is 13.1. The van der Waals surface area contributed by atoms with E-state index in [-0.39, 0.29) is 0 Å². The maximum atomic E-state index is 3.54. The van der Waals surface area contributed by atoms with Gasteiger partial charge in [0.25, 0.3) is 0 Å². The van der Waals surface area contributed by atoms with Crippen molar-refractivity contribution in [3.05, 3.63) is 62.7 Å². The molecule has 0 aliphatic heterocycles. The quantitative estimate of drug-likeness (QED) is 0.761. The van der Waals surface area contributed by atoms with Gasteiger partial charge >= 0.3 is 0 Å². The van der Waals surface area contributed by atoms with Crippen LogP contribution in [0.25, 0.3) is 0 Å². The monoisotopic (exact) mass is 351 g/mol. The van der Waals surface area contributed by atoms with E-state index in [1.165, 1.54) is 25.9 Å². The summed E-state index contributed by atoms with van der Waals surface area (Å²) in [5.74, 6) is 0. The number of aryl methyl sites for hydroxylation is 2. The van der Waals surface area contributed by atoms with Gasteiger partial charge in [-0.25, -0.2) is 0 Å². The lowest BCUT2D eigenvalue weighted by molar-refractivity contribution is 0.883. The van der Waals surface area contributed by atoms with Crippen LogP contribution in [-0.2, 0) is 0 Å². The van der Waals surface area contributed by atoms with Gasteiger partial charge in [0.2, 0.25) is 0 Å². The van der Waals surface area contributed by atoms with Crippen molar-refractivity contribution in [3.63, 3.8) is 0 Å². The average molecular weight is 351 g/mol. The second kappa shape index (κ2) is 5.74. The van der Waals surface area contributed by atoms with Crippen LogP contribution in [0.3, 0.4) is 0 Å². The van der Waals surface area contributed by atoms with Gasteiger partial charge in [-0.15, -0.1) is 0 Å². The lowest BCUT2D eigenvalue weighted by Crippen LogP contribution is -2.06. The Morgan fingerprint density at radius 1 is 1.00 bits per heavy atom. The number of anilines is 1. The van der Waals surface area contributed by atoms with Crippen LogP contribution in [0.4, 0.5) is 5.69 Å². The highest BCUT2D eigenvalue weighted by molar-refractivity contribution is 14.1. The second-order valence-corrected chi connectivity index (χ2v) is 5.90. The van der Waals surface area contributed by atoms with Gasteiger partial charge in [-0.05, 0) is 66.6 Å². The SMILES string of the molecule is Cc1ccc(C(C)Nc2ccc(C)c(I)c2)cc1. The molecular formula is C16H18IN. The molecular weight excluding hydrogens is 333 g/mol. The van der Waals surface area contributed by atoms with Crippen molar-refractivity contribution in [2.24, 2.45) is 0 Å². The molecule has 0 spiro atoms. The van der Waals surface area contributed by atoms with Crippen molar-refractivity contribution >= 4 is 28.3 Å². The van der Waals surface area contributed by atoms with Crippen molar-refractivity contribution in [1.29, 1.82) is 0 Å². The van der Waals surface area contributed by atoms with E-state index in [1.807, 2.05) is 0 Å². The summed E-state index contributed by atoms with van der Waals surface area (Å²) in [5.41, 5.74) is 5.12. The highest BCUT2D eigenvalue weighted by Crippen LogP contribution is 2.22. The Balaban J connectivity index is 2.13. The molecule has 1 atom stereocenters. The van der Waals surface area contributed by atoms with Crippen molar-refractivity contribution in [3.8, 4) is 0 Å². The lowest BCUT2D eigenvalue weighted by atomic mass is 10.1. The summed E-state index contributed by atoms with van der Waals surface area (Å²) >= 11 is 2.38. The van der Waals surface area contributed by atoms with Crippen LogP contribution in [0, 0.1) is 17.4 Å². The summed E-state index contributed by atoms with van der Waals surface area (Å²) in [7, 11) is 0. The molecule has 0 aliphatic rings. The number of hydrogen-bond donors (Lipinski definition) is 1. The molecule has 2 heteroatoms. The van der Waals surface area contributed by atoms with E-state index in [0.717, 1.165) is 0 Å². The third-order valence-electron chi connectivity index (χ3n) is 3.13. The molecule has 0 bridgehead atoms. The Morgan fingerprint density at radius 2 is 1.67 bits per heavy atom. The van der Waals surface area contributed by atoms with Crippen LogP contribution in [0.15, 0.2) is 42.5 Å². The smallest absolute Gasteiger partial charge is 0.0485 e. The first-order valence-electron chi connectivity index (χ1n) is 6.15. The van der Waals surface area contributed by atoms with Crippen LogP contribution in [0.2, 0.25) is 0 Å². The molecule has 0 saturated heterocycles. The lowest BCUT2D eigenvalue weighted by Gasteiger charge is -2.16. The molecule has 0 heterocycles. The third kappa shape index (κ3) is 3.25. The van der Waals surface area contributed by atoms with Crippen LogP contribution >= 0.6 is 22.6 Å². The van der Waals surface area contributed by atoms with Crippen molar-refractivity contribution < 1.29 is 0 Å². The molecule has 18 heavy (non-hydrogen) atoms. The molecule has 2 aromatic carbocycles. The Hall–Kier alpha value is -1.03. The highest BCUT2D eigenvalue weighted by Gasteiger charge is 2.05. The molecule has 1 unspecified atom stereocenters. The van der Waals surface area contributed by atoms with Crippen LogP contribution < -0.4 is 5.32 Å². The Morgan fingerprint density at radius 3 is 2.28 bits per heavy atom. The number of hydrogen-bond acceptors (Lipinski definition) is 1. The fourth-order valence-electron chi connectivity index (χ4n) is 1.87. The van der Waals surface area contributed by atoms with E-state index in [0.29, 0.717) is 6.04 Å². The van der Waals surface area contributed by atoms with E-state index >= 15 is 0 Å². The first-order valence-corrected chi connectivity index (χ1v) is 7.23. The van der Waals surface area contributed by atoms with Crippen molar-refractivity contribution in [1.82, 2.24) is 0 Å². The third-order valence-corrected chi connectivity index (χ3v) is 4.29. The molecule has 0 aliphatic carbocycles. The van der Waals surface area contributed by atoms with Crippen LogP contribution in [0.5, 0.6) is 0 Å². The Bertz CT molecular complexity index is 531. The van der Waals surface area contributed by atoms with Gasteiger partial charge in [-0.3, -0.25) is 0 Å². The van der Waals surface area contributed by atoms with E-state index in [1.54, 1.807) is 0 Å². The largest absolute Gasteiger partial charge is 0.378 e. The average Bonchev–Trinajstić information content (AvgIpc) is 2.34. The predicted molar refractivity (Wildman–Crippen MR) is 87.1 cm³/mol. The maximum Gasteiger partial charge on any atom is 0.0485 e. The molecule has 1 N–H and O–H groups in total. The van der Waals surface area contributed by atoms with E-state index in [2.05, 4.69) is 91.1 Å². The molecule has 2 rings (SSSR count). The van der Waals surface area contributed by atoms with E-state index < -0.39 is 0 Å². The molecule has 0 fully saturated rings. The van der Waals surface area contributed by atoms with E-state index in [9.17, 15) is 0 Å². The minimum atomic E-state index is 0.323. The fourth-order valence-corrected chi connectivity index (χ4v) is 2.39. The minimum Gasteiger partial charge on any atom is -0.378 e. The summed E-state index contributed by atoms with van der Waals surface area (Å²) in [4.78, 5) is 0.